The highest BCUT2D eigenvalue weighted by Gasteiger charge is 2.21. The first-order chi connectivity index (χ1) is 9.29. The summed E-state index contributed by atoms with van der Waals surface area (Å²) in [6.45, 7) is 3.12. The molecule has 2 unspecified atom stereocenters. The maximum Gasteiger partial charge on any atom is 0.233 e. The van der Waals surface area contributed by atoms with E-state index in [1.54, 1.807) is 0 Å². The Labute approximate surface area is 115 Å². The first-order valence-electron chi connectivity index (χ1n) is 7.52. The van der Waals surface area contributed by atoms with E-state index in [1.165, 1.54) is 25.7 Å². The van der Waals surface area contributed by atoms with Gasteiger partial charge in [-0.15, -0.1) is 5.10 Å². The summed E-state index contributed by atoms with van der Waals surface area (Å²) in [5.41, 5.74) is 0.997. The van der Waals surface area contributed by atoms with Gasteiger partial charge in [0.2, 0.25) is 5.88 Å². The van der Waals surface area contributed by atoms with Crippen molar-refractivity contribution in [2.45, 2.75) is 64.1 Å². The van der Waals surface area contributed by atoms with Crippen LogP contribution in [0.1, 0.15) is 51.1 Å². The van der Waals surface area contributed by atoms with Gasteiger partial charge in [0.1, 0.15) is 6.10 Å². The summed E-state index contributed by atoms with van der Waals surface area (Å²) in [5.74, 6) is 1.45. The molecule has 0 aromatic carbocycles. The van der Waals surface area contributed by atoms with Gasteiger partial charge in [0.05, 0.1) is 5.69 Å². The molecule has 104 valence electrons. The Bertz CT molecular complexity index is 402. The van der Waals surface area contributed by atoms with Gasteiger partial charge in [-0.3, -0.25) is 0 Å². The number of nitrogens with one attached hydrogen (secondary N) is 1. The average molecular weight is 261 g/mol. The lowest BCUT2D eigenvalue weighted by atomic mass is 9.89. The molecule has 3 rings (SSSR count). The van der Waals surface area contributed by atoms with Crippen LogP contribution in [0.3, 0.4) is 0 Å². The number of aromatic nitrogens is 2. The van der Waals surface area contributed by atoms with Crippen LogP contribution in [0.5, 0.6) is 5.88 Å². The Morgan fingerprint density at radius 3 is 2.79 bits per heavy atom. The van der Waals surface area contributed by atoms with Crippen LogP contribution in [0.4, 0.5) is 0 Å². The number of hydrogen-bond acceptors (Lipinski definition) is 4. The predicted molar refractivity (Wildman–Crippen MR) is 73.9 cm³/mol. The molecule has 19 heavy (non-hydrogen) atoms. The van der Waals surface area contributed by atoms with Crippen LogP contribution in [0.2, 0.25) is 0 Å². The van der Waals surface area contributed by atoms with Crippen molar-refractivity contribution in [1.29, 1.82) is 0 Å². The summed E-state index contributed by atoms with van der Waals surface area (Å²) in [7, 11) is 0. The van der Waals surface area contributed by atoms with E-state index in [-0.39, 0.29) is 0 Å². The number of ether oxygens (including phenoxy) is 1. The normalized spacial score (nSPS) is 27.2. The van der Waals surface area contributed by atoms with Crippen LogP contribution < -0.4 is 10.1 Å². The van der Waals surface area contributed by atoms with Crippen LogP contribution >= 0.6 is 0 Å². The maximum absolute atomic E-state index is 5.92. The molecule has 2 aliphatic rings. The number of rotatable bonds is 5. The van der Waals surface area contributed by atoms with Crippen molar-refractivity contribution >= 4 is 0 Å². The van der Waals surface area contributed by atoms with E-state index >= 15 is 0 Å². The minimum Gasteiger partial charge on any atom is -0.473 e. The fourth-order valence-corrected chi connectivity index (χ4v) is 2.70. The summed E-state index contributed by atoms with van der Waals surface area (Å²) in [6, 6.07) is 4.68. The second-order valence-electron chi connectivity index (χ2n) is 6.03. The Morgan fingerprint density at radius 1 is 1.21 bits per heavy atom. The number of hydrogen-bond donors (Lipinski definition) is 1. The molecule has 0 radical (unpaired) electrons. The minimum atomic E-state index is 0.327. The fourth-order valence-electron chi connectivity index (χ4n) is 2.70. The van der Waals surface area contributed by atoms with Crippen molar-refractivity contribution < 1.29 is 4.74 Å². The van der Waals surface area contributed by atoms with Crippen LogP contribution in [-0.4, -0.2) is 22.3 Å². The molecule has 1 N–H and O–H groups in total. The molecular formula is C15H23N3O. The van der Waals surface area contributed by atoms with Crippen molar-refractivity contribution in [3.63, 3.8) is 0 Å². The van der Waals surface area contributed by atoms with Gasteiger partial charge in [-0.2, -0.15) is 5.10 Å². The first kappa shape index (κ1) is 12.9. The zero-order valence-corrected chi connectivity index (χ0v) is 11.6. The third kappa shape index (κ3) is 3.90. The lowest BCUT2D eigenvalue weighted by Gasteiger charge is -2.26. The predicted octanol–water partition coefficient (Wildman–Crippen LogP) is 2.69. The summed E-state index contributed by atoms with van der Waals surface area (Å²) in [4.78, 5) is 0. The second kappa shape index (κ2) is 5.87. The van der Waals surface area contributed by atoms with Crippen LogP contribution in [0.25, 0.3) is 0 Å². The Balaban J connectivity index is 1.50. The molecule has 2 saturated carbocycles. The number of nitrogens with zero attached hydrogens (tertiary/aromatic N) is 2. The molecule has 4 nitrogen and oxygen atoms in total. The molecule has 4 heteroatoms. The van der Waals surface area contributed by atoms with Crippen molar-refractivity contribution in [3.8, 4) is 5.88 Å². The third-order valence-corrected chi connectivity index (χ3v) is 4.02. The molecule has 0 bridgehead atoms. The second-order valence-corrected chi connectivity index (χ2v) is 6.03. The Hall–Kier alpha value is -1.16. The fraction of sp³-hybridized carbons (Fsp3) is 0.733. The molecule has 2 fully saturated rings. The van der Waals surface area contributed by atoms with E-state index in [4.69, 9.17) is 4.74 Å². The zero-order valence-electron chi connectivity index (χ0n) is 11.6. The lowest BCUT2D eigenvalue weighted by molar-refractivity contribution is 0.122. The zero-order chi connectivity index (χ0) is 13.1. The minimum absolute atomic E-state index is 0.327. The van der Waals surface area contributed by atoms with Gasteiger partial charge in [0.15, 0.2) is 0 Å². The molecular weight excluding hydrogens is 238 g/mol. The molecule has 0 amide bonds. The molecule has 0 aliphatic heterocycles. The summed E-state index contributed by atoms with van der Waals surface area (Å²) in [5, 5.41) is 11.8. The Morgan fingerprint density at radius 2 is 2.11 bits per heavy atom. The highest BCUT2D eigenvalue weighted by atomic mass is 16.5. The molecule has 2 atom stereocenters. The van der Waals surface area contributed by atoms with Gasteiger partial charge in [-0.25, -0.2) is 0 Å². The SMILES string of the molecule is CC1CCCC(Oc2ccc(CNC3CC3)nn2)C1. The van der Waals surface area contributed by atoms with E-state index in [0.29, 0.717) is 18.0 Å². The van der Waals surface area contributed by atoms with Crippen molar-refractivity contribution in [3.05, 3.63) is 17.8 Å². The van der Waals surface area contributed by atoms with Gasteiger partial charge in [0, 0.05) is 18.7 Å². The van der Waals surface area contributed by atoms with Gasteiger partial charge >= 0.3 is 0 Å². The highest BCUT2D eigenvalue weighted by molar-refractivity contribution is 5.12. The molecule has 1 aromatic rings. The Kier molecular flexibility index (Phi) is 3.97. The monoisotopic (exact) mass is 261 g/mol. The topological polar surface area (TPSA) is 47.0 Å². The molecule has 1 heterocycles. The standard InChI is InChI=1S/C15H23N3O/c1-11-3-2-4-14(9-11)19-15-8-7-13(17-18-15)10-16-12-5-6-12/h7-8,11-12,14,16H,2-6,9-10H2,1H3. The lowest BCUT2D eigenvalue weighted by Crippen LogP contribution is -2.24. The average Bonchev–Trinajstić information content (AvgIpc) is 3.22. The first-order valence-corrected chi connectivity index (χ1v) is 7.52. The quantitative estimate of drug-likeness (QED) is 0.885. The van der Waals surface area contributed by atoms with Crippen molar-refractivity contribution in [1.82, 2.24) is 15.5 Å². The largest absolute Gasteiger partial charge is 0.473 e. The van der Waals surface area contributed by atoms with Gasteiger partial charge < -0.3 is 10.1 Å². The smallest absolute Gasteiger partial charge is 0.233 e. The van der Waals surface area contributed by atoms with Gasteiger partial charge in [-0.05, 0) is 44.1 Å². The van der Waals surface area contributed by atoms with E-state index in [9.17, 15) is 0 Å². The highest BCUT2D eigenvalue weighted by Crippen LogP contribution is 2.26. The summed E-state index contributed by atoms with van der Waals surface area (Å²) < 4.78 is 5.92. The van der Waals surface area contributed by atoms with E-state index in [1.807, 2.05) is 12.1 Å². The summed E-state index contributed by atoms with van der Waals surface area (Å²) >= 11 is 0. The van der Waals surface area contributed by atoms with E-state index in [2.05, 4.69) is 22.4 Å². The third-order valence-electron chi connectivity index (χ3n) is 4.02. The summed E-state index contributed by atoms with van der Waals surface area (Å²) in [6.07, 6.45) is 7.82. The molecule has 0 saturated heterocycles. The van der Waals surface area contributed by atoms with E-state index in [0.717, 1.165) is 31.0 Å². The van der Waals surface area contributed by atoms with Gasteiger partial charge in [0.25, 0.3) is 0 Å². The van der Waals surface area contributed by atoms with Crippen molar-refractivity contribution in [2.24, 2.45) is 5.92 Å². The van der Waals surface area contributed by atoms with Crippen molar-refractivity contribution in [2.75, 3.05) is 0 Å². The van der Waals surface area contributed by atoms with Crippen LogP contribution in [-0.2, 0) is 6.54 Å². The molecule has 1 aromatic heterocycles. The van der Waals surface area contributed by atoms with E-state index < -0.39 is 0 Å². The van der Waals surface area contributed by atoms with Crippen LogP contribution in [0.15, 0.2) is 12.1 Å². The van der Waals surface area contributed by atoms with Crippen LogP contribution in [0, 0.1) is 5.92 Å². The molecule has 2 aliphatic carbocycles. The maximum atomic E-state index is 5.92. The molecule has 0 spiro atoms. The van der Waals surface area contributed by atoms with Gasteiger partial charge in [-0.1, -0.05) is 13.3 Å².